The molecular weight excluding hydrogens is 347 g/mol. The first-order valence-electron chi connectivity index (χ1n) is 8.91. The van der Waals surface area contributed by atoms with Gasteiger partial charge in [-0.15, -0.1) is 0 Å². The molecule has 6 nitrogen and oxygen atoms in total. The van der Waals surface area contributed by atoms with Crippen molar-refractivity contribution in [2.75, 3.05) is 13.1 Å². The predicted octanol–water partition coefficient (Wildman–Crippen LogP) is 2.98. The van der Waals surface area contributed by atoms with Crippen LogP contribution in [0.25, 0.3) is 0 Å². The third-order valence-corrected chi connectivity index (χ3v) is 5.22. The average molecular weight is 367 g/mol. The molecule has 1 aliphatic carbocycles. The first kappa shape index (κ1) is 17.1. The van der Waals surface area contributed by atoms with Crippen molar-refractivity contribution in [1.29, 1.82) is 0 Å². The highest BCUT2D eigenvalue weighted by Gasteiger charge is 2.35. The predicted molar refractivity (Wildman–Crippen MR) is 86.6 cm³/mol. The number of carbonyl (C=O) groups is 1. The van der Waals surface area contributed by atoms with Crippen molar-refractivity contribution < 1.29 is 18.0 Å². The van der Waals surface area contributed by atoms with E-state index in [1.54, 1.807) is 4.90 Å². The summed E-state index contributed by atoms with van der Waals surface area (Å²) in [6.07, 6.45) is 2.20. The Kier molecular flexibility index (Phi) is 4.24. The third kappa shape index (κ3) is 3.10. The Labute approximate surface area is 148 Å². The molecule has 1 aliphatic heterocycles. The number of hydrogen-bond donors (Lipinski definition) is 1. The molecule has 0 spiro atoms. The van der Waals surface area contributed by atoms with Gasteiger partial charge in [0.05, 0.1) is 6.04 Å². The Bertz CT molecular complexity index is 810. The maximum Gasteiger partial charge on any atom is 0.435 e. The van der Waals surface area contributed by atoms with E-state index in [1.807, 2.05) is 0 Å². The fourth-order valence-corrected chi connectivity index (χ4v) is 3.86. The van der Waals surface area contributed by atoms with Crippen molar-refractivity contribution in [2.24, 2.45) is 0 Å². The second-order valence-corrected chi connectivity index (χ2v) is 6.96. The van der Waals surface area contributed by atoms with Gasteiger partial charge in [0.1, 0.15) is 0 Å². The van der Waals surface area contributed by atoms with Crippen LogP contribution in [-0.2, 0) is 19.0 Å². The average Bonchev–Trinajstić information content (AvgIpc) is 3.28. The lowest BCUT2D eigenvalue weighted by atomic mass is 9.95. The maximum atomic E-state index is 12.9. The van der Waals surface area contributed by atoms with Gasteiger partial charge in [-0.2, -0.15) is 23.4 Å². The third-order valence-electron chi connectivity index (χ3n) is 5.22. The van der Waals surface area contributed by atoms with Crippen molar-refractivity contribution in [1.82, 2.24) is 24.9 Å². The number of nitrogens with one attached hydrogen (secondary N) is 1. The molecule has 3 heterocycles. The van der Waals surface area contributed by atoms with Gasteiger partial charge < -0.3 is 4.90 Å². The fraction of sp³-hybridized carbons (Fsp3) is 0.588. The van der Waals surface area contributed by atoms with Crippen LogP contribution in [0, 0.1) is 0 Å². The van der Waals surface area contributed by atoms with E-state index in [0.717, 1.165) is 49.4 Å². The van der Waals surface area contributed by atoms with Gasteiger partial charge in [-0.3, -0.25) is 14.6 Å². The van der Waals surface area contributed by atoms with Crippen LogP contribution in [0.1, 0.15) is 59.2 Å². The SMILES string of the molecule is O=C(c1n[nH]c2c1CCCC2)N1CCCC(n2ccc(C(F)(F)F)n2)C1. The second-order valence-electron chi connectivity index (χ2n) is 6.96. The highest BCUT2D eigenvalue weighted by molar-refractivity contribution is 5.94. The number of carbonyl (C=O) groups excluding carboxylic acids is 1. The Morgan fingerprint density at radius 3 is 2.81 bits per heavy atom. The molecule has 0 aromatic carbocycles. The minimum Gasteiger partial charge on any atom is -0.335 e. The number of amides is 1. The van der Waals surface area contributed by atoms with Crippen molar-refractivity contribution >= 4 is 5.91 Å². The van der Waals surface area contributed by atoms with Crippen LogP contribution >= 0.6 is 0 Å². The molecule has 2 aromatic rings. The number of H-pyrrole nitrogens is 1. The number of likely N-dealkylation sites (tertiary alicyclic amines) is 1. The molecule has 1 fully saturated rings. The second kappa shape index (κ2) is 6.44. The van der Waals surface area contributed by atoms with Crippen LogP contribution in [0.3, 0.4) is 0 Å². The van der Waals surface area contributed by atoms with Gasteiger partial charge >= 0.3 is 6.18 Å². The first-order chi connectivity index (χ1) is 12.4. The number of nitrogens with zero attached hydrogens (tertiary/aromatic N) is 4. The quantitative estimate of drug-likeness (QED) is 0.887. The summed E-state index contributed by atoms with van der Waals surface area (Å²) in [5.41, 5.74) is 1.61. The smallest absolute Gasteiger partial charge is 0.335 e. The van der Waals surface area contributed by atoms with Crippen LogP contribution in [0.4, 0.5) is 13.2 Å². The lowest BCUT2D eigenvalue weighted by molar-refractivity contribution is -0.141. The Morgan fingerprint density at radius 2 is 2.04 bits per heavy atom. The number of fused-ring (bicyclic) bond motifs is 1. The first-order valence-corrected chi connectivity index (χ1v) is 8.91. The highest BCUT2D eigenvalue weighted by atomic mass is 19.4. The summed E-state index contributed by atoms with van der Waals surface area (Å²) in [5.74, 6) is -0.141. The van der Waals surface area contributed by atoms with E-state index in [2.05, 4.69) is 15.3 Å². The summed E-state index contributed by atoms with van der Waals surface area (Å²) in [5, 5.41) is 10.9. The van der Waals surface area contributed by atoms with Gasteiger partial charge in [-0.05, 0) is 44.6 Å². The summed E-state index contributed by atoms with van der Waals surface area (Å²) in [6.45, 7) is 0.934. The molecular formula is C17H20F3N5O. The molecule has 1 unspecified atom stereocenters. The van der Waals surface area contributed by atoms with Crippen LogP contribution in [-0.4, -0.2) is 43.9 Å². The number of hydrogen-bond acceptors (Lipinski definition) is 3. The van der Waals surface area contributed by atoms with E-state index in [9.17, 15) is 18.0 Å². The van der Waals surface area contributed by atoms with Gasteiger partial charge in [0.25, 0.3) is 5.91 Å². The zero-order valence-corrected chi connectivity index (χ0v) is 14.2. The van der Waals surface area contributed by atoms with E-state index in [-0.39, 0.29) is 11.9 Å². The number of rotatable bonds is 2. The minimum absolute atomic E-state index is 0.141. The van der Waals surface area contributed by atoms with E-state index in [1.165, 1.54) is 10.9 Å². The molecule has 2 aliphatic rings. The van der Waals surface area contributed by atoms with Crippen molar-refractivity contribution in [3.63, 3.8) is 0 Å². The Balaban J connectivity index is 1.51. The zero-order chi connectivity index (χ0) is 18.3. The molecule has 1 N–H and O–H groups in total. The monoisotopic (exact) mass is 367 g/mol. The van der Waals surface area contributed by atoms with Crippen LogP contribution in [0.2, 0.25) is 0 Å². The molecule has 140 valence electrons. The van der Waals surface area contributed by atoms with Gasteiger partial charge in [0, 0.05) is 30.5 Å². The number of aromatic amines is 1. The highest BCUT2D eigenvalue weighted by Crippen LogP contribution is 2.30. The van der Waals surface area contributed by atoms with Crippen molar-refractivity contribution in [3.8, 4) is 0 Å². The molecule has 1 atom stereocenters. The van der Waals surface area contributed by atoms with E-state index < -0.39 is 11.9 Å². The number of aryl methyl sites for hydroxylation is 1. The van der Waals surface area contributed by atoms with E-state index in [0.29, 0.717) is 25.2 Å². The number of piperidine rings is 1. The molecule has 1 saturated heterocycles. The summed E-state index contributed by atoms with van der Waals surface area (Å²) in [4.78, 5) is 14.6. The van der Waals surface area contributed by atoms with Gasteiger partial charge in [-0.25, -0.2) is 0 Å². The molecule has 0 radical (unpaired) electrons. The van der Waals surface area contributed by atoms with Gasteiger partial charge in [-0.1, -0.05) is 0 Å². The summed E-state index contributed by atoms with van der Waals surface area (Å²) >= 11 is 0. The lowest BCUT2D eigenvalue weighted by Gasteiger charge is -2.32. The molecule has 26 heavy (non-hydrogen) atoms. The molecule has 2 aromatic heterocycles. The zero-order valence-electron chi connectivity index (χ0n) is 14.2. The molecule has 9 heteroatoms. The fourth-order valence-electron chi connectivity index (χ4n) is 3.86. The largest absolute Gasteiger partial charge is 0.435 e. The summed E-state index contributed by atoms with van der Waals surface area (Å²) in [7, 11) is 0. The number of alkyl halides is 3. The molecule has 0 saturated carbocycles. The molecule has 4 rings (SSSR count). The molecule has 0 bridgehead atoms. The van der Waals surface area contributed by atoms with Crippen LogP contribution < -0.4 is 0 Å². The van der Waals surface area contributed by atoms with E-state index in [4.69, 9.17) is 0 Å². The summed E-state index contributed by atoms with van der Waals surface area (Å²) < 4.78 is 39.6. The molecule has 1 amide bonds. The van der Waals surface area contributed by atoms with Crippen molar-refractivity contribution in [2.45, 2.75) is 50.7 Å². The van der Waals surface area contributed by atoms with Crippen molar-refractivity contribution in [3.05, 3.63) is 34.9 Å². The maximum absolute atomic E-state index is 12.9. The van der Waals surface area contributed by atoms with E-state index >= 15 is 0 Å². The van der Waals surface area contributed by atoms with Crippen LogP contribution in [0.5, 0.6) is 0 Å². The van der Waals surface area contributed by atoms with Crippen LogP contribution in [0.15, 0.2) is 12.3 Å². The lowest BCUT2D eigenvalue weighted by Crippen LogP contribution is -2.41. The normalized spacial score (nSPS) is 20.9. The Hall–Kier alpha value is -2.32. The standard InChI is InChI=1S/C17H20F3N5O/c18-17(19,20)14-7-9-25(23-14)11-4-3-8-24(10-11)16(26)15-12-5-1-2-6-13(12)21-22-15/h7,9,11H,1-6,8,10H2,(H,21,22). The van der Waals surface area contributed by atoms with Gasteiger partial charge in [0.15, 0.2) is 11.4 Å². The Morgan fingerprint density at radius 1 is 1.23 bits per heavy atom. The van der Waals surface area contributed by atoms with Gasteiger partial charge in [0.2, 0.25) is 0 Å². The number of aromatic nitrogens is 4. The topological polar surface area (TPSA) is 66.8 Å². The summed E-state index contributed by atoms with van der Waals surface area (Å²) in [6, 6.07) is 0.726. The number of halogens is 3. The minimum atomic E-state index is -4.45.